The molecule has 0 spiro atoms. The Kier molecular flexibility index (Phi) is 7.90. The number of para-hydroxylation sites is 1. The third-order valence-corrected chi connectivity index (χ3v) is 4.31. The van der Waals surface area contributed by atoms with E-state index in [0.717, 1.165) is 65.0 Å². The topological polar surface area (TPSA) is 61.6 Å². The van der Waals surface area contributed by atoms with Crippen molar-refractivity contribution in [3.05, 3.63) is 30.3 Å². The molecule has 0 aromatic heterocycles. The molecule has 5 heteroatoms. The summed E-state index contributed by atoms with van der Waals surface area (Å²) in [4.78, 5) is 16.6. The van der Waals surface area contributed by atoms with Crippen molar-refractivity contribution in [1.29, 1.82) is 0 Å². The molecule has 1 aliphatic rings. The molecule has 2 rings (SSSR count). The Labute approximate surface area is 139 Å². The fourth-order valence-electron chi connectivity index (χ4n) is 2.91. The number of hydrogen-bond acceptors (Lipinski definition) is 4. The smallest absolute Gasteiger partial charge is 0.234 e. The first kappa shape index (κ1) is 17.8. The van der Waals surface area contributed by atoms with Gasteiger partial charge in [0.15, 0.2) is 0 Å². The predicted octanol–water partition coefficient (Wildman–Crippen LogP) is 1.44. The van der Waals surface area contributed by atoms with E-state index < -0.39 is 0 Å². The molecule has 1 heterocycles. The Morgan fingerprint density at radius 1 is 1.00 bits per heavy atom. The summed E-state index contributed by atoms with van der Waals surface area (Å²) in [6, 6.07) is 10.5. The fourth-order valence-corrected chi connectivity index (χ4v) is 2.91. The van der Waals surface area contributed by atoms with E-state index in [1.165, 1.54) is 5.69 Å². The van der Waals surface area contributed by atoms with Crippen molar-refractivity contribution in [2.45, 2.75) is 25.7 Å². The molecular formula is C18H30N4O. The number of nitrogens with zero attached hydrogens (tertiary/aromatic N) is 2. The van der Waals surface area contributed by atoms with Crippen molar-refractivity contribution in [3.63, 3.8) is 0 Å². The monoisotopic (exact) mass is 318 g/mol. The van der Waals surface area contributed by atoms with Gasteiger partial charge in [-0.3, -0.25) is 9.69 Å². The van der Waals surface area contributed by atoms with Crippen LogP contribution in [0, 0.1) is 0 Å². The molecule has 3 N–H and O–H groups in total. The number of nitrogens with one attached hydrogen (secondary N) is 1. The van der Waals surface area contributed by atoms with Gasteiger partial charge in [-0.15, -0.1) is 0 Å². The maximum atomic E-state index is 12.0. The number of amides is 1. The predicted molar refractivity (Wildman–Crippen MR) is 95.6 cm³/mol. The molecule has 1 amide bonds. The van der Waals surface area contributed by atoms with Gasteiger partial charge in [-0.2, -0.15) is 0 Å². The highest BCUT2D eigenvalue weighted by molar-refractivity contribution is 5.78. The van der Waals surface area contributed by atoms with Gasteiger partial charge in [0, 0.05) is 38.4 Å². The molecule has 1 aliphatic heterocycles. The Balaban J connectivity index is 1.58. The molecule has 0 aliphatic carbocycles. The Morgan fingerprint density at radius 3 is 2.39 bits per heavy atom. The van der Waals surface area contributed by atoms with Gasteiger partial charge in [0.2, 0.25) is 5.91 Å². The minimum absolute atomic E-state index is 0.150. The highest BCUT2D eigenvalue weighted by Crippen LogP contribution is 2.15. The van der Waals surface area contributed by atoms with Crippen LogP contribution >= 0.6 is 0 Å². The molecule has 0 radical (unpaired) electrons. The molecule has 0 saturated carbocycles. The minimum Gasteiger partial charge on any atom is -0.369 e. The molecular weight excluding hydrogens is 288 g/mol. The first-order chi connectivity index (χ1) is 11.3. The van der Waals surface area contributed by atoms with Gasteiger partial charge in [0.25, 0.3) is 0 Å². The number of anilines is 1. The standard InChI is InChI=1S/C18H30N4O/c19-10-6-1-2-7-11-20-18(23)16-21-12-14-22(15-13-21)17-8-4-3-5-9-17/h3-5,8-9H,1-2,6-7,10-16,19H2,(H,20,23). The lowest BCUT2D eigenvalue weighted by Gasteiger charge is -2.35. The number of hydrogen-bond donors (Lipinski definition) is 2. The van der Waals surface area contributed by atoms with Crippen molar-refractivity contribution in [3.8, 4) is 0 Å². The van der Waals surface area contributed by atoms with Gasteiger partial charge in [0.1, 0.15) is 0 Å². The summed E-state index contributed by atoms with van der Waals surface area (Å²) in [7, 11) is 0. The highest BCUT2D eigenvalue weighted by atomic mass is 16.2. The molecule has 1 aromatic rings. The fraction of sp³-hybridized carbons (Fsp3) is 0.611. The van der Waals surface area contributed by atoms with Crippen LogP contribution in [-0.2, 0) is 4.79 Å². The lowest BCUT2D eigenvalue weighted by Crippen LogP contribution is -2.49. The van der Waals surface area contributed by atoms with E-state index in [0.29, 0.717) is 6.54 Å². The number of piperazine rings is 1. The number of nitrogens with two attached hydrogens (primary N) is 1. The quantitative estimate of drug-likeness (QED) is 0.677. The Bertz CT molecular complexity index is 444. The SMILES string of the molecule is NCCCCCCNC(=O)CN1CCN(c2ccccc2)CC1. The van der Waals surface area contributed by atoms with Crippen molar-refractivity contribution in [1.82, 2.24) is 10.2 Å². The lowest BCUT2D eigenvalue weighted by molar-refractivity contribution is -0.122. The normalized spacial score (nSPS) is 15.6. The maximum absolute atomic E-state index is 12.0. The average molecular weight is 318 g/mol. The van der Waals surface area contributed by atoms with Crippen molar-refractivity contribution >= 4 is 11.6 Å². The van der Waals surface area contributed by atoms with Crippen LogP contribution in [0.3, 0.4) is 0 Å². The van der Waals surface area contributed by atoms with E-state index in [-0.39, 0.29) is 5.91 Å². The molecule has 128 valence electrons. The Hall–Kier alpha value is -1.59. The molecule has 0 bridgehead atoms. The Morgan fingerprint density at radius 2 is 1.70 bits per heavy atom. The molecule has 5 nitrogen and oxygen atoms in total. The van der Waals surface area contributed by atoms with E-state index in [1.54, 1.807) is 0 Å². The second-order valence-corrected chi connectivity index (χ2v) is 6.15. The van der Waals surface area contributed by atoms with E-state index in [4.69, 9.17) is 5.73 Å². The molecule has 0 unspecified atom stereocenters. The van der Waals surface area contributed by atoms with Gasteiger partial charge in [-0.1, -0.05) is 31.0 Å². The summed E-state index contributed by atoms with van der Waals surface area (Å²) in [6.07, 6.45) is 4.44. The summed E-state index contributed by atoms with van der Waals surface area (Å²) in [5.74, 6) is 0.150. The molecule has 1 aromatic carbocycles. The van der Waals surface area contributed by atoms with Gasteiger partial charge < -0.3 is 16.0 Å². The van der Waals surface area contributed by atoms with Crippen LogP contribution in [0.25, 0.3) is 0 Å². The van der Waals surface area contributed by atoms with Crippen molar-refractivity contribution < 1.29 is 4.79 Å². The first-order valence-electron chi connectivity index (χ1n) is 8.78. The van der Waals surface area contributed by atoms with Gasteiger partial charge >= 0.3 is 0 Å². The van der Waals surface area contributed by atoms with Crippen LogP contribution in [0.2, 0.25) is 0 Å². The average Bonchev–Trinajstić information content (AvgIpc) is 2.59. The number of carbonyl (C=O) groups excluding carboxylic acids is 1. The second kappa shape index (κ2) is 10.2. The summed E-state index contributed by atoms with van der Waals surface area (Å²) in [6.45, 7) is 5.92. The number of benzene rings is 1. The second-order valence-electron chi connectivity index (χ2n) is 6.15. The molecule has 1 fully saturated rings. The molecule has 23 heavy (non-hydrogen) atoms. The highest BCUT2D eigenvalue weighted by Gasteiger charge is 2.18. The van der Waals surface area contributed by atoms with E-state index >= 15 is 0 Å². The van der Waals surface area contributed by atoms with Crippen LogP contribution in [0.5, 0.6) is 0 Å². The van der Waals surface area contributed by atoms with Gasteiger partial charge in [-0.25, -0.2) is 0 Å². The van der Waals surface area contributed by atoms with Gasteiger partial charge in [-0.05, 0) is 31.5 Å². The zero-order valence-electron chi connectivity index (χ0n) is 14.0. The van der Waals surface area contributed by atoms with Crippen molar-refractivity contribution in [2.24, 2.45) is 5.73 Å². The third-order valence-electron chi connectivity index (χ3n) is 4.31. The first-order valence-corrected chi connectivity index (χ1v) is 8.78. The van der Waals surface area contributed by atoms with Crippen LogP contribution < -0.4 is 16.0 Å². The van der Waals surface area contributed by atoms with Crippen LogP contribution in [0.1, 0.15) is 25.7 Å². The van der Waals surface area contributed by atoms with Crippen LogP contribution in [0.15, 0.2) is 30.3 Å². The van der Waals surface area contributed by atoms with Crippen LogP contribution in [0.4, 0.5) is 5.69 Å². The number of carbonyl (C=O) groups is 1. The van der Waals surface area contributed by atoms with E-state index in [2.05, 4.69) is 39.4 Å². The summed E-state index contributed by atoms with van der Waals surface area (Å²) in [5.41, 5.74) is 6.74. The largest absolute Gasteiger partial charge is 0.369 e. The van der Waals surface area contributed by atoms with Crippen LogP contribution in [-0.4, -0.2) is 56.6 Å². The minimum atomic E-state index is 0.150. The summed E-state index contributed by atoms with van der Waals surface area (Å²) in [5, 5.41) is 3.02. The van der Waals surface area contributed by atoms with Crippen molar-refractivity contribution in [2.75, 3.05) is 50.7 Å². The van der Waals surface area contributed by atoms with Gasteiger partial charge in [0.05, 0.1) is 6.54 Å². The van der Waals surface area contributed by atoms with E-state index in [1.807, 2.05) is 6.07 Å². The molecule has 1 saturated heterocycles. The number of rotatable bonds is 9. The lowest BCUT2D eigenvalue weighted by atomic mass is 10.2. The summed E-state index contributed by atoms with van der Waals surface area (Å²) >= 11 is 0. The zero-order valence-corrected chi connectivity index (χ0v) is 14.0. The van der Waals surface area contributed by atoms with E-state index in [9.17, 15) is 4.79 Å². The maximum Gasteiger partial charge on any atom is 0.234 e. The number of unbranched alkanes of at least 4 members (excludes halogenated alkanes) is 3. The summed E-state index contributed by atoms with van der Waals surface area (Å²) < 4.78 is 0. The third kappa shape index (κ3) is 6.59. The molecule has 0 atom stereocenters. The zero-order chi connectivity index (χ0) is 16.3.